The van der Waals surface area contributed by atoms with Crippen LogP contribution in [0.15, 0.2) is 18.5 Å². The number of carboxylic acids is 1. The van der Waals surface area contributed by atoms with Crippen LogP contribution in [0.1, 0.15) is 29.6 Å². The molecule has 0 aliphatic carbocycles. The van der Waals surface area contributed by atoms with Crippen molar-refractivity contribution in [1.29, 1.82) is 0 Å². The summed E-state index contributed by atoms with van der Waals surface area (Å²) in [7, 11) is 0. The third-order valence-electron chi connectivity index (χ3n) is 4.17. The monoisotopic (exact) mass is 261 g/mol. The normalized spacial score (nSPS) is 24.0. The van der Waals surface area contributed by atoms with Gasteiger partial charge >= 0.3 is 5.97 Å². The summed E-state index contributed by atoms with van der Waals surface area (Å²) in [5.74, 6) is -0.893. The molecule has 102 valence electrons. The largest absolute Gasteiger partial charge is 0.478 e. The maximum atomic E-state index is 11.3. The second kappa shape index (κ2) is 5.17. The molecule has 3 rings (SSSR count). The predicted molar refractivity (Wildman–Crippen MR) is 72.6 cm³/mol. The van der Waals surface area contributed by atoms with Gasteiger partial charge in [-0.05, 0) is 31.9 Å². The second-order valence-electron chi connectivity index (χ2n) is 5.33. The number of nitrogens with zero attached hydrogens (tertiary/aromatic N) is 3. The Labute approximate surface area is 112 Å². The number of carboxylic acid groups (broad SMARTS) is 1. The van der Waals surface area contributed by atoms with Gasteiger partial charge in [0.1, 0.15) is 5.56 Å². The molecular weight excluding hydrogens is 242 g/mol. The van der Waals surface area contributed by atoms with E-state index in [2.05, 4.69) is 14.8 Å². The van der Waals surface area contributed by atoms with E-state index in [9.17, 15) is 9.90 Å². The second-order valence-corrected chi connectivity index (χ2v) is 5.33. The Morgan fingerprint density at radius 3 is 3.00 bits per heavy atom. The number of aromatic nitrogens is 1. The molecule has 1 atom stereocenters. The third-order valence-corrected chi connectivity index (χ3v) is 4.17. The van der Waals surface area contributed by atoms with E-state index in [0.717, 1.165) is 31.7 Å². The van der Waals surface area contributed by atoms with Crippen molar-refractivity contribution in [3.8, 4) is 0 Å². The molecule has 5 heteroatoms. The minimum absolute atomic E-state index is 0.314. The van der Waals surface area contributed by atoms with Crippen LogP contribution in [0.2, 0.25) is 0 Å². The Morgan fingerprint density at radius 1 is 1.32 bits per heavy atom. The van der Waals surface area contributed by atoms with Crippen molar-refractivity contribution in [2.75, 3.05) is 31.1 Å². The summed E-state index contributed by atoms with van der Waals surface area (Å²) in [6.07, 6.45) is 6.72. The molecule has 2 aliphatic heterocycles. The van der Waals surface area contributed by atoms with Gasteiger partial charge in [0.15, 0.2) is 0 Å². The van der Waals surface area contributed by atoms with Gasteiger partial charge in [0.25, 0.3) is 0 Å². The molecule has 0 aromatic carbocycles. The number of hydrogen-bond donors (Lipinski definition) is 1. The van der Waals surface area contributed by atoms with Crippen LogP contribution in [0.4, 0.5) is 5.69 Å². The zero-order valence-electron chi connectivity index (χ0n) is 11.0. The standard InChI is InChI=1S/C14H19N3O2/c18-14(19)12-9-15-5-4-13(12)17-8-2-7-16-6-1-3-11(16)10-17/h4-5,9,11H,1-3,6-8,10H2,(H,18,19). The van der Waals surface area contributed by atoms with Gasteiger partial charge in [-0.15, -0.1) is 0 Å². The lowest BCUT2D eigenvalue weighted by Gasteiger charge is -2.28. The molecule has 1 N–H and O–H groups in total. The van der Waals surface area contributed by atoms with Crippen LogP contribution in [0.25, 0.3) is 0 Å². The first-order valence-corrected chi connectivity index (χ1v) is 6.92. The van der Waals surface area contributed by atoms with Crippen LogP contribution in [0.5, 0.6) is 0 Å². The number of rotatable bonds is 2. The molecule has 1 aromatic heterocycles. The lowest BCUT2D eigenvalue weighted by molar-refractivity contribution is 0.0697. The van der Waals surface area contributed by atoms with Crippen LogP contribution >= 0.6 is 0 Å². The lowest BCUT2D eigenvalue weighted by Crippen LogP contribution is -2.37. The molecule has 3 heterocycles. The van der Waals surface area contributed by atoms with E-state index < -0.39 is 5.97 Å². The van der Waals surface area contributed by atoms with Crippen LogP contribution in [0, 0.1) is 0 Å². The molecule has 19 heavy (non-hydrogen) atoms. The summed E-state index contributed by atoms with van der Waals surface area (Å²) in [6, 6.07) is 2.41. The van der Waals surface area contributed by atoms with Gasteiger partial charge in [0.05, 0.1) is 5.69 Å². The smallest absolute Gasteiger partial charge is 0.339 e. The van der Waals surface area contributed by atoms with Gasteiger partial charge in [-0.3, -0.25) is 9.88 Å². The maximum absolute atomic E-state index is 11.3. The zero-order valence-corrected chi connectivity index (χ0v) is 11.0. The van der Waals surface area contributed by atoms with Crippen LogP contribution in [-0.4, -0.2) is 53.2 Å². The van der Waals surface area contributed by atoms with Gasteiger partial charge in [-0.2, -0.15) is 0 Å². The van der Waals surface area contributed by atoms with Gasteiger partial charge in [0.2, 0.25) is 0 Å². The Morgan fingerprint density at radius 2 is 2.16 bits per heavy atom. The SMILES string of the molecule is O=C(O)c1cnccc1N1CCCN2CCCC2C1. The fourth-order valence-corrected chi connectivity index (χ4v) is 3.25. The van der Waals surface area contributed by atoms with E-state index in [1.807, 2.05) is 6.07 Å². The molecule has 0 bridgehead atoms. The zero-order chi connectivity index (χ0) is 13.2. The summed E-state index contributed by atoms with van der Waals surface area (Å²) in [4.78, 5) is 20.0. The number of fused-ring (bicyclic) bond motifs is 1. The van der Waals surface area contributed by atoms with Gasteiger partial charge in [0, 0.05) is 38.1 Å². The van der Waals surface area contributed by atoms with Crippen molar-refractivity contribution in [2.45, 2.75) is 25.3 Å². The van der Waals surface area contributed by atoms with Gasteiger partial charge in [-0.1, -0.05) is 0 Å². The van der Waals surface area contributed by atoms with Crippen molar-refractivity contribution in [1.82, 2.24) is 9.88 Å². The molecule has 2 aliphatic rings. The molecule has 2 saturated heterocycles. The molecule has 1 aromatic rings. The number of anilines is 1. The topological polar surface area (TPSA) is 56.7 Å². The molecular formula is C14H19N3O2. The first-order valence-electron chi connectivity index (χ1n) is 6.92. The summed E-state index contributed by atoms with van der Waals surface area (Å²) in [5, 5.41) is 9.28. The molecule has 1 unspecified atom stereocenters. The van der Waals surface area contributed by atoms with Crippen molar-refractivity contribution < 1.29 is 9.90 Å². The lowest BCUT2D eigenvalue weighted by atomic mass is 10.1. The summed E-state index contributed by atoms with van der Waals surface area (Å²) in [5.41, 5.74) is 1.13. The molecule has 5 nitrogen and oxygen atoms in total. The Kier molecular flexibility index (Phi) is 3.38. The highest BCUT2D eigenvalue weighted by Gasteiger charge is 2.29. The number of carbonyl (C=O) groups is 1. The average Bonchev–Trinajstić information content (AvgIpc) is 2.76. The number of pyridine rings is 1. The van der Waals surface area contributed by atoms with E-state index in [1.165, 1.54) is 25.6 Å². The minimum Gasteiger partial charge on any atom is -0.478 e. The maximum Gasteiger partial charge on any atom is 0.339 e. The van der Waals surface area contributed by atoms with Crippen LogP contribution < -0.4 is 4.90 Å². The summed E-state index contributed by atoms with van der Waals surface area (Å²) in [6.45, 7) is 4.19. The quantitative estimate of drug-likeness (QED) is 0.873. The first-order chi connectivity index (χ1) is 9.25. The third kappa shape index (κ3) is 2.42. The molecule has 0 radical (unpaired) electrons. The minimum atomic E-state index is -0.893. The van der Waals surface area contributed by atoms with Crippen LogP contribution in [0.3, 0.4) is 0 Å². The summed E-state index contributed by atoms with van der Waals surface area (Å²) >= 11 is 0. The van der Waals surface area contributed by atoms with Gasteiger partial charge in [-0.25, -0.2) is 4.79 Å². The number of aromatic carboxylic acids is 1. The van der Waals surface area contributed by atoms with Crippen molar-refractivity contribution in [2.24, 2.45) is 0 Å². The van der Waals surface area contributed by atoms with Crippen molar-refractivity contribution >= 4 is 11.7 Å². The van der Waals surface area contributed by atoms with E-state index in [0.29, 0.717) is 11.6 Å². The highest BCUT2D eigenvalue weighted by Crippen LogP contribution is 2.26. The van der Waals surface area contributed by atoms with Crippen molar-refractivity contribution in [3.05, 3.63) is 24.0 Å². The molecule has 0 saturated carbocycles. The van der Waals surface area contributed by atoms with Crippen molar-refractivity contribution in [3.63, 3.8) is 0 Å². The Hall–Kier alpha value is -1.62. The number of hydrogen-bond acceptors (Lipinski definition) is 4. The fourth-order valence-electron chi connectivity index (χ4n) is 3.25. The first kappa shape index (κ1) is 12.4. The summed E-state index contributed by atoms with van der Waals surface area (Å²) < 4.78 is 0. The Bertz CT molecular complexity index is 478. The molecule has 0 amide bonds. The fraction of sp³-hybridized carbons (Fsp3) is 0.571. The van der Waals surface area contributed by atoms with E-state index in [1.54, 1.807) is 6.20 Å². The average molecular weight is 261 g/mol. The highest BCUT2D eigenvalue weighted by molar-refractivity contribution is 5.94. The van der Waals surface area contributed by atoms with Gasteiger partial charge < -0.3 is 10.0 Å². The molecule has 2 fully saturated rings. The van der Waals surface area contributed by atoms with E-state index in [-0.39, 0.29) is 0 Å². The van der Waals surface area contributed by atoms with Crippen LogP contribution in [-0.2, 0) is 0 Å². The Balaban J connectivity index is 1.87. The molecule has 0 spiro atoms. The predicted octanol–water partition coefficient (Wildman–Crippen LogP) is 1.45. The highest BCUT2D eigenvalue weighted by atomic mass is 16.4. The van der Waals surface area contributed by atoms with E-state index >= 15 is 0 Å². The van der Waals surface area contributed by atoms with E-state index in [4.69, 9.17) is 0 Å².